The van der Waals surface area contributed by atoms with Crippen LogP contribution in [0.2, 0.25) is 0 Å². The normalized spacial score (nSPS) is 17.8. The van der Waals surface area contributed by atoms with E-state index < -0.39 is 0 Å². The van der Waals surface area contributed by atoms with E-state index in [-0.39, 0.29) is 0 Å². The highest BCUT2D eigenvalue weighted by Gasteiger charge is 2.23. The molecule has 0 saturated carbocycles. The third-order valence-electron chi connectivity index (χ3n) is 4.63. The molecule has 0 bridgehead atoms. The van der Waals surface area contributed by atoms with Gasteiger partial charge >= 0.3 is 0 Å². The summed E-state index contributed by atoms with van der Waals surface area (Å²) in [7, 11) is 1.82. The molecule has 1 aliphatic heterocycles. The van der Waals surface area contributed by atoms with Crippen LogP contribution in [-0.4, -0.2) is 37.1 Å². The summed E-state index contributed by atoms with van der Waals surface area (Å²) < 4.78 is 0. The molecule has 0 radical (unpaired) electrons. The molecule has 1 unspecified atom stereocenters. The molecule has 25 heavy (non-hydrogen) atoms. The lowest BCUT2D eigenvalue weighted by molar-refractivity contribution is 0.648. The average Bonchev–Trinajstić information content (AvgIpc) is 3.19. The third kappa shape index (κ3) is 4.51. The molecule has 0 spiro atoms. The van der Waals surface area contributed by atoms with Gasteiger partial charge in [-0.05, 0) is 39.3 Å². The van der Waals surface area contributed by atoms with Crippen LogP contribution in [0.5, 0.6) is 0 Å². The maximum Gasteiger partial charge on any atom is 0.191 e. The number of rotatable bonds is 4. The summed E-state index contributed by atoms with van der Waals surface area (Å²) in [5.74, 6) is 0.848. The van der Waals surface area contributed by atoms with Crippen LogP contribution in [-0.2, 0) is 6.54 Å². The molecular weight excluding hydrogens is 330 g/mol. The number of aromatic nitrogens is 1. The highest BCUT2D eigenvalue weighted by Crippen LogP contribution is 2.21. The molecule has 1 aromatic carbocycles. The van der Waals surface area contributed by atoms with Crippen molar-refractivity contribution in [1.29, 1.82) is 0 Å². The zero-order valence-corrected chi connectivity index (χ0v) is 16.3. The zero-order valence-electron chi connectivity index (χ0n) is 15.5. The van der Waals surface area contributed by atoms with Crippen molar-refractivity contribution in [3.05, 3.63) is 45.4 Å². The van der Waals surface area contributed by atoms with Crippen LogP contribution in [0.3, 0.4) is 0 Å². The summed E-state index contributed by atoms with van der Waals surface area (Å²) in [5.41, 5.74) is 3.72. The summed E-state index contributed by atoms with van der Waals surface area (Å²) in [6.45, 7) is 9.08. The highest BCUT2D eigenvalue weighted by molar-refractivity contribution is 7.11. The maximum absolute atomic E-state index is 4.57. The molecule has 1 aromatic heterocycles. The Balaban J connectivity index is 1.51. The van der Waals surface area contributed by atoms with Crippen molar-refractivity contribution in [2.75, 3.05) is 25.0 Å². The molecule has 3 rings (SSSR count). The molecule has 1 fully saturated rings. The van der Waals surface area contributed by atoms with E-state index in [9.17, 15) is 0 Å². The Morgan fingerprint density at radius 1 is 1.28 bits per heavy atom. The van der Waals surface area contributed by atoms with Gasteiger partial charge in [-0.15, -0.1) is 11.3 Å². The first kappa shape index (κ1) is 17.7. The van der Waals surface area contributed by atoms with Crippen LogP contribution < -0.4 is 15.5 Å². The summed E-state index contributed by atoms with van der Waals surface area (Å²) in [4.78, 5) is 12.6. The first-order valence-corrected chi connectivity index (χ1v) is 9.58. The maximum atomic E-state index is 4.57. The number of benzene rings is 1. The topological polar surface area (TPSA) is 52.6 Å². The lowest BCUT2D eigenvalue weighted by Crippen LogP contribution is -2.44. The minimum absolute atomic E-state index is 0.410. The van der Waals surface area contributed by atoms with Gasteiger partial charge in [0, 0.05) is 36.7 Å². The second-order valence-electron chi connectivity index (χ2n) is 6.59. The van der Waals surface area contributed by atoms with Gasteiger partial charge in [0.2, 0.25) is 0 Å². The van der Waals surface area contributed by atoms with Gasteiger partial charge in [-0.3, -0.25) is 4.99 Å². The van der Waals surface area contributed by atoms with Crippen LogP contribution >= 0.6 is 11.3 Å². The fraction of sp³-hybridized carbons (Fsp3) is 0.474. The van der Waals surface area contributed by atoms with E-state index in [0.29, 0.717) is 12.6 Å². The van der Waals surface area contributed by atoms with Crippen LogP contribution in [0.1, 0.15) is 27.6 Å². The van der Waals surface area contributed by atoms with Crippen LogP contribution in [0.15, 0.2) is 29.3 Å². The van der Waals surface area contributed by atoms with Crippen molar-refractivity contribution >= 4 is 23.0 Å². The lowest BCUT2D eigenvalue weighted by atomic mass is 10.2. The SMILES string of the molecule is CN=C(NCc1nc(C)c(C)s1)NC1CCN(c2ccc(C)cc2)C1. The van der Waals surface area contributed by atoms with Gasteiger partial charge in [-0.2, -0.15) is 0 Å². The van der Waals surface area contributed by atoms with Gasteiger partial charge in [0.05, 0.1) is 12.2 Å². The van der Waals surface area contributed by atoms with Gasteiger partial charge in [0.15, 0.2) is 5.96 Å². The number of nitrogens with one attached hydrogen (secondary N) is 2. The van der Waals surface area contributed by atoms with E-state index >= 15 is 0 Å². The van der Waals surface area contributed by atoms with Crippen LogP contribution in [0.25, 0.3) is 0 Å². The van der Waals surface area contributed by atoms with Crippen molar-refractivity contribution < 1.29 is 0 Å². The predicted molar refractivity (Wildman–Crippen MR) is 107 cm³/mol. The number of aryl methyl sites for hydroxylation is 3. The van der Waals surface area contributed by atoms with Gasteiger partial charge in [-0.1, -0.05) is 17.7 Å². The van der Waals surface area contributed by atoms with Crippen molar-refractivity contribution in [3.8, 4) is 0 Å². The number of hydrogen-bond acceptors (Lipinski definition) is 4. The van der Waals surface area contributed by atoms with Gasteiger partial charge < -0.3 is 15.5 Å². The first-order valence-electron chi connectivity index (χ1n) is 8.77. The van der Waals surface area contributed by atoms with Crippen LogP contribution in [0.4, 0.5) is 5.69 Å². The van der Waals surface area contributed by atoms with E-state index in [0.717, 1.165) is 36.2 Å². The number of hydrogen-bond donors (Lipinski definition) is 2. The van der Waals surface area contributed by atoms with E-state index in [4.69, 9.17) is 0 Å². The monoisotopic (exact) mass is 357 g/mol. The molecule has 2 heterocycles. The molecular formula is C19H27N5S. The fourth-order valence-electron chi connectivity index (χ4n) is 3.03. The van der Waals surface area contributed by atoms with Crippen LogP contribution in [0, 0.1) is 20.8 Å². The Bertz CT molecular complexity index is 715. The smallest absolute Gasteiger partial charge is 0.191 e. The Morgan fingerprint density at radius 2 is 2.04 bits per heavy atom. The van der Waals surface area contributed by atoms with E-state index in [2.05, 4.69) is 70.5 Å². The highest BCUT2D eigenvalue weighted by atomic mass is 32.1. The Morgan fingerprint density at radius 3 is 2.68 bits per heavy atom. The largest absolute Gasteiger partial charge is 0.369 e. The minimum Gasteiger partial charge on any atom is -0.369 e. The molecule has 1 aliphatic rings. The minimum atomic E-state index is 0.410. The molecule has 6 heteroatoms. The van der Waals surface area contributed by atoms with E-state index in [1.165, 1.54) is 16.1 Å². The number of nitrogens with zero attached hydrogens (tertiary/aromatic N) is 3. The van der Waals surface area contributed by atoms with E-state index in [1.807, 2.05) is 7.05 Å². The predicted octanol–water partition coefficient (Wildman–Crippen LogP) is 3.01. The van der Waals surface area contributed by atoms with Crippen molar-refractivity contribution in [2.45, 2.75) is 39.8 Å². The summed E-state index contributed by atoms with van der Waals surface area (Å²) >= 11 is 1.74. The molecule has 0 amide bonds. The zero-order chi connectivity index (χ0) is 17.8. The lowest BCUT2D eigenvalue weighted by Gasteiger charge is -2.20. The van der Waals surface area contributed by atoms with Crippen molar-refractivity contribution in [1.82, 2.24) is 15.6 Å². The Hall–Kier alpha value is -2.08. The summed E-state index contributed by atoms with van der Waals surface area (Å²) in [5, 5.41) is 8.03. The van der Waals surface area contributed by atoms with Gasteiger partial charge in [0.25, 0.3) is 0 Å². The Labute approximate surface area is 154 Å². The average molecular weight is 358 g/mol. The molecule has 1 saturated heterocycles. The second kappa shape index (κ2) is 7.87. The second-order valence-corrected chi connectivity index (χ2v) is 7.87. The van der Waals surface area contributed by atoms with Crippen molar-refractivity contribution in [2.24, 2.45) is 4.99 Å². The molecule has 134 valence electrons. The molecule has 1 atom stereocenters. The third-order valence-corrected chi connectivity index (χ3v) is 5.70. The summed E-state index contributed by atoms with van der Waals surface area (Å²) in [6, 6.07) is 9.17. The fourth-order valence-corrected chi connectivity index (χ4v) is 3.90. The Kier molecular flexibility index (Phi) is 5.58. The first-order chi connectivity index (χ1) is 12.0. The molecule has 0 aliphatic carbocycles. The summed E-state index contributed by atoms with van der Waals surface area (Å²) in [6.07, 6.45) is 1.12. The standard InChI is InChI=1S/C19H27N5S/c1-13-5-7-17(8-6-13)24-10-9-16(12-24)23-19(20-4)21-11-18-22-14(2)15(3)25-18/h5-8,16H,9-12H2,1-4H3,(H2,20,21,23). The molecule has 2 aromatic rings. The molecule has 2 N–H and O–H groups in total. The van der Waals surface area contributed by atoms with Gasteiger partial charge in [0.1, 0.15) is 5.01 Å². The van der Waals surface area contributed by atoms with E-state index in [1.54, 1.807) is 11.3 Å². The number of thiazole rings is 1. The number of guanidine groups is 1. The number of aliphatic imine (C=N–C) groups is 1. The molecule has 5 nitrogen and oxygen atoms in total. The quantitative estimate of drug-likeness (QED) is 0.652. The van der Waals surface area contributed by atoms with Crippen molar-refractivity contribution in [3.63, 3.8) is 0 Å². The van der Waals surface area contributed by atoms with Gasteiger partial charge in [-0.25, -0.2) is 4.98 Å². The number of anilines is 1.